The highest BCUT2D eigenvalue weighted by Gasteiger charge is 2.20. The van der Waals surface area contributed by atoms with E-state index < -0.39 is 0 Å². The average Bonchev–Trinajstić information content (AvgIpc) is 3.12. The summed E-state index contributed by atoms with van der Waals surface area (Å²) in [5.41, 5.74) is 1.64. The molecule has 1 saturated heterocycles. The summed E-state index contributed by atoms with van der Waals surface area (Å²) in [6.45, 7) is 2.93. The molecule has 134 valence electrons. The SMILES string of the molecule is O=C(NCc1ccccc1)c1csc2c(=O)cc(N3CCOCC3)oc12. The number of rotatable bonds is 4. The minimum absolute atomic E-state index is 0.125. The molecular formula is C19H18N2O4S. The number of fused-ring (bicyclic) bond motifs is 1. The molecule has 0 saturated carbocycles. The maximum atomic E-state index is 12.6. The zero-order chi connectivity index (χ0) is 17.9. The van der Waals surface area contributed by atoms with E-state index >= 15 is 0 Å². The molecular weight excluding hydrogens is 352 g/mol. The minimum Gasteiger partial charge on any atom is -0.439 e. The molecule has 0 atom stereocenters. The fraction of sp³-hybridized carbons (Fsp3) is 0.263. The van der Waals surface area contributed by atoms with Crippen LogP contribution in [-0.2, 0) is 11.3 Å². The number of anilines is 1. The number of nitrogens with one attached hydrogen (secondary N) is 1. The molecule has 0 spiro atoms. The maximum Gasteiger partial charge on any atom is 0.256 e. The molecule has 3 aromatic rings. The van der Waals surface area contributed by atoms with Crippen molar-refractivity contribution in [2.24, 2.45) is 0 Å². The molecule has 1 N–H and O–H groups in total. The molecule has 1 aromatic carbocycles. The average molecular weight is 370 g/mol. The van der Waals surface area contributed by atoms with Gasteiger partial charge in [-0.25, -0.2) is 0 Å². The second-order valence-electron chi connectivity index (χ2n) is 6.02. The number of benzene rings is 1. The van der Waals surface area contributed by atoms with Crippen LogP contribution in [0.1, 0.15) is 15.9 Å². The Morgan fingerprint density at radius 2 is 1.96 bits per heavy atom. The number of ether oxygens (including phenoxy) is 1. The van der Waals surface area contributed by atoms with Crippen molar-refractivity contribution >= 4 is 33.4 Å². The van der Waals surface area contributed by atoms with Crippen LogP contribution in [0.3, 0.4) is 0 Å². The van der Waals surface area contributed by atoms with Gasteiger partial charge in [0.2, 0.25) is 5.43 Å². The van der Waals surface area contributed by atoms with Crippen molar-refractivity contribution in [2.75, 3.05) is 31.2 Å². The molecule has 6 nitrogen and oxygen atoms in total. The highest BCUT2D eigenvalue weighted by Crippen LogP contribution is 2.27. The Morgan fingerprint density at radius 3 is 2.73 bits per heavy atom. The van der Waals surface area contributed by atoms with Crippen molar-refractivity contribution in [1.29, 1.82) is 0 Å². The molecule has 0 radical (unpaired) electrons. The second-order valence-corrected chi connectivity index (χ2v) is 6.90. The second kappa shape index (κ2) is 7.31. The first-order chi connectivity index (χ1) is 12.7. The molecule has 0 aliphatic carbocycles. The van der Waals surface area contributed by atoms with Crippen molar-refractivity contribution in [3.05, 3.63) is 63.1 Å². The third kappa shape index (κ3) is 3.36. The number of hydrogen-bond donors (Lipinski definition) is 1. The number of thiophene rings is 1. The summed E-state index contributed by atoms with van der Waals surface area (Å²) in [5, 5.41) is 4.56. The van der Waals surface area contributed by atoms with Gasteiger partial charge >= 0.3 is 0 Å². The lowest BCUT2D eigenvalue weighted by molar-refractivity contribution is 0.0951. The van der Waals surface area contributed by atoms with Gasteiger partial charge in [0, 0.05) is 31.1 Å². The van der Waals surface area contributed by atoms with Crippen LogP contribution in [-0.4, -0.2) is 32.2 Å². The van der Waals surface area contributed by atoms with E-state index in [0.29, 0.717) is 54.6 Å². The van der Waals surface area contributed by atoms with Crippen LogP contribution in [0, 0.1) is 0 Å². The summed E-state index contributed by atoms with van der Waals surface area (Å²) in [6, 6.07) is 11.2. The van der Waals surface area contributed by atoms with E-state index in [-0.39, 0.29) is 11.3 Å². The predicted molar refractivity (Wildman–Crippen MR) is 101 cm³/mol. The fourth-order valence-corrected chi connectivity index (χ4v) is 3.78. The topological polar surface area (TPSA) is 71.8 Å². The number of hydrogen-bond acceptors (Lipinski definition) is 6. The zero-order valence-corrected chi connectivity index (χ0v) is 14.9. The normalized spacial score (nSPS) is 14.5. The molecule has 1 aliphatic heterocycles. The Labute approximate surface area is 154 Å². The Morgan fingerprint density at radius 1 is 1.19 bits per heavy atom. The van der Waals surface area contributed by atoms with Gasteiger partial charge in [-0.3, -0.25) is 9.59 Å². The van der Waals surface area contributed by atoms with Gasteiger partial charge in [0.25, 0.3) is 5.91 Å². The van der Waals surface area contributed by atoms with Gasteiger partial charge in [0.05, 0.1) is 18.8 Å². The minimum atomic E-state index is -0.248. The Hall–Kier alpha value is -2.64. The number of morpholine rings is 1. The molecule has 1 fully saturated rings. The van der Waals surface area contributed by atoms with Crippen LogP contribution < -0.4 is 15.6 Å². The van der Waals surface area contributed by atoms with Crippen molar-refractivity contribution in [1.82, 2.24) is 5.32 Å². The van der Waals surface area contributed by atoms with E-state index in [4.69, 9.17) is 9.15 Å². The third-order valence-electron chi connectivity index (χ3n) is 4.29. The number of nitrogens with zero attached hydrogens (tertiary/aromatic N) is 1. The Bertz CT molecular complexity index is 974. The molecule has 0 bridgehead atoms. The quantitative estimate of drug-likeness (QED) is 0.764. The standard InChI is InChI=1S/C19H18N2O4S/c22-15-10-16(21-6-8-24-9-7-21)25-17-14(12-26-18(15)17)19(23)20-11-13-4-2-1-3-5-13/h1-5,10,12H,6-9,11H2,(H,20,23). The molecule has 3 heterocycles. The summed E-state index contributed by atoms with van der Waals surface area (Å²) in [4.78, 5) is 27.0. The number of carbonyl (C=O) groups excluding carboxylic acids is 1. The van der Waals surface area contributed by atoms with Gasteiger partial charge in [0.1, 0.15) is 4.70 Å². The first kappa shape index (κ1) is 16.8. The largest absolute Gasteiger partial charge is 0.439 e. The van der Waals surface area contributed by atoms with Gasteiger partial charge in [0.15, 0.2) is 11.5 Å². The number of amides is 1. The van der Waals surface area contributed by atoms with Crippen LogP contribution in [0.25, 0.3) is 10.3 Å². The van der Waals surface area contributed by atoms with Gasteiger partial charge in [-0.05, 0) is 5.56 Å². The summed E-state index contributed by atoms with van der Waals surface area (Å²) >= 11 is 1.24. The van der Waals surface area contributed by atoms with Gasteiger partial charge in [-0.1, -0.05) is 30.3 Å². The van der Waals surface area contributed by atoms with Gasteiger partial charge < -0.3 is 19.4 Å². The molecule has 0 unspecified atom stereocenters. The summed E-state index contributed by atoms with van der Waals surface area (Å²) in [5.74, 6) is 0.240. The monoisotopic (exact) mass is 370 g/mol. The van der Waals surface area contributed by atoms with Crippen LogP contribution in [0.15, 0.2) is 51.0 Å². The highest BCUT2D eigenvalue weighted by atomic mass is 32.1. The first-order valence-corrected chi connectivity index (χ1v) is 9.30. The van der Waals surface area contributed by atoms with E-state index in [9.17, 15) is 9.59 Å². The number of carbonyl (C=O) groups is 1. The molecule has 1 amide bonds. The van der Waals surface area contributed by atoms with E-state index in [1.807, 2.05) is 35.2 Å². The van der Waals surface area contributed by atoms with E-state index in [0.717, 1.165) is 5.56 Å². The predicted octanol–water partition coefficient (Wildman–Crippen LogP) is 2.62. The third-order valence-corrected chi connectivity index (χ3v) is 5.27. The molecule has 4 rings (SSSR count). The smallest absolute Gasteiger partial charge is 0.256 e. The van der Waals surface area contributed by atoms with Gasteiger partial charge in [-0.2, -0.15) is 0 Å². The van der Waals surface area contributed by atoms with Crippen molar-refractivity contribution in [2.45, 2.75) is 6.54 Å². The van der Waals surface area contributed by atoms with Crippen LogP contribution in [0.2, 0.25) is 0 Å². The van der Waals surface area contributed by atoms with Crippen LogP contribution in [0.4, 0.5) is 5.88 Å². The molecule has 26 heavy (non-hydrogen) atoms. The van der Waals surface area contributed by atoms with E-state index in [1.165, 1.54) is 17.4 Å². The lowest BCUT2D eigenvalue weighted by Gasteiger charge is -2.27. The lowest BCUT2D eigenvalue weighted by atomic mass is 10.2. The van der Waals surface area contributed by atoms with Crippen LogP contribution >= 0.6 is 11.3 Å². The first-order valence-electron chi connectivity index (χ1n) is 8.42. The summed E-state index contributed by atoms with van der Waals surface area (Å²) < 4.78 is 11.7. The molecule has 1 aliphatic rings. The maximum absolute atomic E-state index is 12.6. The zero-order valence-electron chi connectivity index (χ0n) is 14.1. The molecule has 7 heteroatoms. The Balaban J connectivity index is 1.61. The van der Waals surface area contributed by atoms with Crippen molar-refractivity contribution in [3.8, 4) is 0 Å². The summed E-state index contributed by atoms with van der Waals surface area (Å²) in [7, 11) is 0. The lowest BCUT2D eigenvalue weighted by Crippen LogP contribution is -2.36. The highest BCUT2D eigenvalue weighted by molar-refractivity contribution is 7.17. The van der Waals surface area contributed by atoms with E-state index in [2.05, 4.69) is 5.32 Å². The van der Waals surface area contributed by atoms with Crippen LogP contribution in [0.5, 0.6) is 0 Å². The summed E-state index contributed by atoms with van der Waals surface area (Å²) in [6.07, 6.45) is 0. The van der Waals surface area contributed by atoms with Crippen molar-refractivity contribution in [3.63, 3.8) is 0 Å². The van der Waals surface area contributed by atoms with E-state index in [1.54, 1.807) is 5.38 Å². The fourth-order valence-electron chi connectivity index (χ4n) is 2.90. The van der Waals surface area contributed by atoms with Gasteiger partial charge in [-0.15, -0.1) is 11.3 Å². The molecule has 2 aromatic heterocycles. The Kier molecular flexibility index (Phi) is 4.73. The van der Waals surface area contributed by atoms with Crippen molar-refractivity contribution < 1.29 is 13.9 Å².